The first-order chi connectivity index (χ1) is 7.79. The van der Waals surface area contributed by atoms with Crippen molar-refractivity contribution in [1.29, 1.82) is 0 Å². The lowest BCUT2D eigenvalue weighted by Crippen LogP contribution is -2.49. The van der Waals surface area contributed by atoms with Crippen LogP contribution in [0.3, 0.4) is 0 Å². The van der Waals surface area contributed by atoms with Crippen LogP contribution in [0.5, 0.6) is 0 Å². The molecule has 3 heteroatoms. The van der Waals surface area contributed by atoms with Crippen molar-refractivity contribution in [3.05, 3.63) is 0 Å². The number of hydrogen-bond acceptors (Lipinski definition) is 3. The highest BCUT2D eigenvalue weighted by Gasteiger charge is 2.27. The van der Waals surface area contributed by atoms with E-state index in [1.54, 1.807) is 0 Å². The van der Waals surface area contributed by atoms with Crippen molar-refractivity contribution in [1.82, 2.24) is 15.1 Å². The first-order valence-corrected chi connectivity index (χ1v) is 6.87. The zero-order valence-corrected chi connectivity index (χ0v) is 10.9. The van der Waals surface area contributed by atoms with E-state index in [-0.39, 0.29) is 0 Å². The van der Waals surface area contributed by atoms with Crippen molar-refractivity contribution in [2.75, 3.05) is 46.8 Å². The van der Waals surface area contributed by atoms with Gasteiger partial charge in [0.25, 0.3) is 0 Å². The normalized spacial score (nSPS) is 30.8. The van der Waals surface area contributed by atoms with E-state index in [1.165, 1.54) is 58.4 Å². The van der Waals surface area contributed by atoms with Gasteiger partial charge in [0.05, 0.1) is 0 Å². The summed E-state index contributed by atoms with van der Waals surface area (Å²) < 4.78 is 0. The monoisotopic (exact) mass is 225 g/mol. The van der Waals surface area contributed by atoms with E-state index in [0.717, 1.165) is 12.0 Å². The molecule has 2 rings (SSSR count). The van der Waals surface area contributed by atoms with E-state index < -0.39 is 0 Å². The quantitative estimate of drug-likeness (QED) is 0.773. The molecule has 0 aliphatic carbocycles. The van der Waals surface area contributed by atoms with Gasteiger partial charge in [0.1, 0.15) is 0 Å². The summed E-state index contributed by atoms with van der Waals surface area (Å²) in [6.07, 6.45) is 5.58. The number of piperidine rings is 2. The van der Waals surface area contributed by atoms with Crippen LogP contribution in [-0.4, -0.2) is 62.7 Å². The molecule has 2 fully saturated rings. The SMILES string of the molecule is CNCC1CCN(C2CCCN(C)C2)CC1. The summed E-state index contributed by atoms with van der Waals surface area (Å²) in [5.74, 6) is 0.919. The average molecular weight is 225 g/mol. The third-order valence-corrected chi connectivity index (χ3v) is 4.26. The summed E-state index contributed by atoms with van der Waals surface area (Å²) in [5, 5.41) is 3.31. The van der Waals surface area contributed by atoms with Gasteiger partial charge in [-0.05, 0) is 71.9 Å². The Hall–Kier alpha value is -0.120. The van der Waals surface area contributed by atoms with E-state index in [2.05, 4.69) is 29.2 Å². The Bertz CT molecular complexity index is 199. The summed E-state index contributed by atoms with van der Waals surface area (Å²) in [7, 11) is 4.34. The second kappa shape index (κ2) is 5.99. The molecule has 94 valence electrons. The molecule has 1 unspecified atom stereocenters. The molecule has 2 saturated heterocycles. The molecule has 3 nitrogen and oxygen atoms in total. The molecule has 2 aliphatic rings. The predicted octanol–water partition coefficient (Wildman–Crippen LogP) is 1.01. The van der Waals surface area contributed by atoms with Crippen molar-refractivity contribution >= 4 is 0 Å². The molecule has 16 heavy (non-hydrogen) atoms. The van der Waals surface area contributed by atoms with Crippen LogP contribution < -0.4 is 5.32 Å². The van der Waals surface area contributed by atoms with Crippen LogP contribution in [-0.2, 0) is 0 Å². The fourth-order valence-electron chi connectivity index (χ4n) is 3.25. The molecule has 1 atom stereocenters. The van der Waals surface area contributed by atoms with E-state index in [4.69, 9.17) is 0 Å². The summed E-state index contributed by atoms with van der Waals surface area (Å²) in [5.41, 5.74) is 0. The lowest BCUT2D eigenvalue weighted by Gasteiger charge is -2.41. The largest absolute Gasteiger partial charge is 0.319 e. The van der Waals surface area contributed by atoms with Crippen LogP contribution in [0.1, 0.15) is 25.7 Å². The standard InChI is InChI=1S/C13H27N3/c1-14-10-12-5-8-16(9-6-12)13-4-3-7-15(2)11-13/h12-14H,3-11H2,1-2H3. The number of likely N-dealkylation sites (tertiary alicyclic amines) is 2. The molecule has 0 aromatic carbocycles. The molecule has 0 amide bonds. The van der Waals surface area contributed by atoms with Crippen LogP contribution in [0.25, 0.3) is 0 Å². The predicted molar refractivity (Wildman–Crippen MR) is 68.7 cm³/mol. The first-order valence-electron chi connectivity index (χ1n) is 6.87. The van der Waals surface area contributed by atoms with Crippen LogP contribution in [0, 0.1) is 5.92 Å². The van der Waals surface area contributed by atoms with Gasteiger partial charge in [-0.25, -0.2) is 0 Å². The second-order valence-electron chi connectivity index (χ2n) is 5.60. The molecule has 0 radical (unpaired) electrons. The second-order valence-corrected chi connectivity index (χ2v) is 5.60. The lowest BCUT2D eigenvalue weighted by molar-refractivity contribution is 0.0790. The van der Waals surface area contributed by atoms with Gasteiger partial charge in [-0.2, -0.15) is 0 Å². The molecule has 2 heterocycles. The molecular weight excluding hydrogens is 198 g/mol. The van der Waals surface area contributed by atoms with E-state index in [9.17, 15) is 0 Å². The van der Waals surface area contributed by atoms with Crippen molar-refractivity contribution in [3.63, 3.8) is 0 Å². The van der Waals surface area contributed by atoms with Gasteiger partial charge in [-0.15, -0.1) is 0 Å². The van der Waals surface area contributed by atoms with E-state index in [0.29, 0.717) is 0 Å². The third kappa shape index (κ3) is 3.19. The molecule has 2 aliphatic heterocycles. The highest BCUT2D eigenvalue weighted by Crippen LogP contribution is 2.22. The zero-order chi connectivity index (χ0) is 11.4. The van der Waals surface area contributed by atoms with Crippen molar-refractivity contribution < 1.29 is 0 Å². The number of nitrogens with zero attached hydrogens (tertiary/aromatic N) is 2. The third-order valence-electron chi connectivity index (χ3n) is 4.26. The number of nitrogens with one attached hydrogen (secondary N) is 1. The van der Waals surface area contributed by atoms with E-state index in [1.807, 2.05) is 0 Å². The van der Waals surface area contributed by atoms with Crippen LogP contribution >= 0.6 is 0 Å². The Morgan fingerprint density at radius 2 is 1.88 bits per heavy atom. The van der Waals surface area contributed by atoms with Crippen LogP contribution in [0.15, 0.2) is 0 Å². The molecule has 0 aromatic rings. The number of hydrogen-bond donors (Lipinski definition) is 1. The molecule has 0 aromatic heterocycles. The Balaban J connectivity index is 1.75. The van der Waals surface area contributed by atoms with E-state index >= 15 is 0 Å². The Morgan fingerprint density at radius 1 is 1.12 bits per heavy atom. The molecule has 1 N–H and O–H groups in total. The molecular formula is C13H27N3. The fourth-order valence-corrected chi connectivity index (χ4v) is 3.25. The minimum atomic E-state index is 0.842. The van der Waals surface area contributed by atoms with Crippen molar-refractivity contribution in [2.24, 2.45) is 5.92 Å². The first kappa shape index (κ1) is 12.3. The van der Waals surface area contributed by atoms with Gasteiger partial charge < -0.3 is 10.2 Å². The van der Waals surface area contributed by atoms with Crippen LogP contribution in [0.4, 0.5) is 0 Å². The van der Waals surface area contributed by atoms with Gasteiger partial charge in [0, 0.05) is 12.6 Å². The number of likely N-dealkylation sites (N-methyl/N-ethyl adjacent to an activating group) is 1. The zero-order valence-electron chi connectivity index (χ0n) is 10.9. The maximum Gasteiger partial charge on any atom is 0.0223 e. The fraction of sp³-hybridized carbons (Fsp3) is 1.00. The Morgan fingerprint density at radius 3 is 2.50 bits per heavy atom. The molecule has 0 saturated carbocycles. The topological polar surface area (TPSA) is 18.5 Å². The maximum absolute atomic E-state index is 3.31. The highest BCUT2D eigenvalue weighted by molar-refractivity contribution is 4.83. The summed E-state index contributed by atoms with van der Waals surface area (Å²) in [6.45, 7) is 6.44. The lowest BCUT2D eigenvalue weighted by atomic mass is 9.94. The maximum atomic E-state index is 3.31. The number of rotatable bonds is 3. The summed E-state index contributed by atoms with van der Waals surface area (Å²) in [6, 6.07) is 0.842. The summed E-state index contributed by atoms with van der Waals surface area (Å²) in [4.78, 5) is 5.23. The van der Waals surface area contributed by atoms with Gasteiger partial charge in [0.15, 0.2) is 0 Å². The minimum Gasteiger partial charge on any atom is -0.319 e. The van der Waals surface area contributed by atoms with Gasteiger partial charge in [-0.3, -0.25) is 4.90 Å². The minimum absolute atomic E-state index is 0.842. The van der Waals surface area contributed by atoms with Crippen LogP contribution in [0.2, 0.25) is 0 Å². The van der Waals surface area contributed by atoms with Crippen molar-refractivity contribution in [3.8, 4) is 0 Å². The Labute approximate surface area is 100 Å². The molecule has 0 spiro atoms. The van der Waals surface area contributed by atoms with Crippen molar-refractivity contribution in [2.45, 2.75) is 31.7 Å². The van der Waals surface area contributed by atoms with Gasteiger partial charge in [0.2, 0.25) is 0 Å². The molecule has 0 bridgehead atoms. The van der Waals surface area contributed by atoms with Gasteiger partial charge >= 0.3 is 0 Å². The highest BCUT2D eigenvalue weighted by atomic mass is 15.2. The smallest absolute Gasteiger partial charge is 0.0223 e. The Kier molecular flexibility index (Phi) is 4.62. The van der Waals surface area contributed by atoms with Gasteiger partial charge in [-0.1, -0.05) is 0 Å². The average Bonchev–Trinajstić information content (AvgIpc) is 2.30. The summed E-state index contributed by atoms with van der Waals surface area (Å²) >= 11 is 0.